The lowest BCUT2D eigenvalue weighted by Gasteiger charge is -2.44. The van der Waals surface area contributed by atoms with Crippen molar-refractivity contribution < 1.29 is 14.7 Å². The van der Waals surface area contributed by atoms with E-state index in [0.717, 1.165) is 0 Å². The Hall–Kier alpha value is -1.06. The summed E-state index contributed by atoms with van der Waals surface area (Å²) in [4.78, 5) is 23.8. The SMILES string of the molecule is CC(=O)N1CCC(C(=O)O)CC1(C)C. The van der Waals surface area contributed by atoms with Crippen LogP contribution in [0.15, 0.2) is 0 Å². The maximum Gasteiger partial charge on any atom is 0.306 e. The van der Waals surface area contributed by atoms with Gasteiger partial charge in [0, 0.05) is 19.0 Å². The minimum atomic E-state index is -0.749. The Bertz CT molecular complexity index is 260. The van der Waals surface area contributed by atoms with E-state index in [0.29, 0.717) is 19.4 Å². The number of carbonyl (C=O) groups is 2. The fourth-order valence-electron chi connectivity index (χ4n) is 2.20. The maximum atomic E-state index is 11.3. The second kappa shape index (κ2) is 3.59. The van der Waals surface area contributed by atoms with Gasteiger partial charge < -0.3 is 10.0 Å². The molecule has 0 spiro atoms. The van der Waals surface area contributed by atoms with E-state index in [1.54, 1.807) is 4.90 Å². The molecule has 14 heavy (non-hydrogen) atoms. The van der Waals surface area contributed by atoms with Crippen molar-refractivity contribution in [2.24, 2.45) is 5.92 Å². The smallest absolute Gasteiger partial charge is 0.306 e. The van der Waals surface area contributed by atoms with E-state index in [2.05, 4.69) is 0 Å². The summed E-state index contributed by atoms with van der Waals surface area (Å²) in [6.45, 7) is 5.93. The van der Waals surface area contributed by atoms with Crippen molar-refractivity contribution in [1.29, 1.82) is 0 Å². The van der Waals surface area contributed by atoms with E-state index < -0.39 is 5.97 Å². The van der Waals surface area contributed by atoms with Gasteiger partial charge in [0.25, 0.3) is 0 Å². The van der Waals surface area contributed by atoms with Crippen LogP contribution in [0.1, 0.15) is 33.6 Å². The molecule has 1 N–H and O–H groups in total. The molecule has 0 radical (unpaired) electrons. The summed E-state index contributed by atoms with van der Waals surface area (Å²) in [7, 11) is 0. The third kappa shape index (κ3) is 2.05. The van der Waals surface area contributed by atoms with Crippen molar-refractivity contribution in [3.8, 4) is 0 Å². The van der Waals surface area contributed by atoms with E-state index in [-0.39, 0.29) is 17.4 Å². The van der Waals surface area contributed by atoms with Crippen LogP contribution in [-0.2, 0) is 9.59 Å². The van der Waals surface area contributed by atoms with Gasteiger partial charge in [0.2, 0.25) is 5.91 Å². The molecule has 80 valence electrons. The molecule has 0 saturated carbocycles. The molecule has 1 amide bonds. The van der Waals surface area contributed by atoms with Gasteiger partial charge in [-0.3, -0.25) is 9.59 Å². The largest absolute Gasteiger partial charge is 0.481 e. The number of piperidine rings is 1. The van der Waals surface area contributed by atoms with Gasteiger partial charge in [0.1, 0.15) is 0 Å². The van der Waals surface area contributed by atoms with E-state index in [1.807, 2.05) is 13.8 Å². The molecular weight excluding hydrogens is 182 g/mol. The van der Waals surface area contributed by atoms with Gasteiger partial charge >= 0.3 is 5.97 Å². The highest BCUT2D eigenvalue weighted by Crippen LogP contribution is 2.31. The molecule has 0 bridgehead atoms. The van der Waals surface area contributed by atoms with Crippen LogP contribution in [0.25, 0.3) is 0 Å². The number of aliphatic carboxylic acids is 1. The van der Waals surface area contributed by atoms with Crippen LogP contribution in [0.5, 0.6) is 0 Å². The van der Waals surface area contributed by atoms with Crippen molar-refractivity contribution in [3.05, 3.63) is 0 Å². The van der Waals surface area contributed by atoms with Crippen LogP contribution in [0.2, 0.25) is 0 Å². The Kier molecular flexibility index (Phi) is 2.83. The minimum absolute atomic E-state index is 0.0267. The number of carboxylic acid groups (broad SMARTS) is 1. The maximum absolute atomic E-state index is 11.3. The standard InChI is InChI=1S/C10H17NO3/c1-7(12)11-5-4-8(9(13)14)6-10(11,2)3/h8H,4-6H2,1-3H3,(H,13,14). The Morgan fingerprint density at radius 2 is 2.00 bits per heavy atom. The van der Waals surface area contributed by atoms with E-state index in [4.69, 9.17) is 5.11 Å². The molecular formula is C10H17NO3. The van der Waals surface area contributed by atoms with Gasteiger partial charge in [-0.1, -0.05) is 0 Å². The lowest BCUT2D eigenvalue weighted by atomic mass is 9.82. The fourth-order valence-corrected chi connectivity index (χ4v) is 2.20. The van der Waals surface area contributed by atoms with Crippen molar-refractivity contribution in [2.75, 3.05) is 6.54 Å². The summed E-state index contributed by atoms with van der Waals surface area (Å²) < 4.78 is 0. The van der Waals surface area contributed by atoms with Gasteiger partial charge in [0.05, 0.1) is 5.92 Å². The van der Waals surface area contributed by atoms with Crippen molar-refractivity contribution in [3.63, 3.8) is 0 Å². The minimum Gasteiger partial charge on any atom is -0.481 e. The second-order valence-electron chi connectivity index (χ2n) is 4.51. The molecule has 1 aliphatic rings. The van der Waals surface area contributed by atoms with Gasteiger partial charge in [0.15, 0.2) is 0 Å². The monoisotopic (exact) mass is 199 g/mol. The third-order valence-electron chi connectivity index (χ3n) is 2.91. The Labute approximate surface area is 83.9 Å². The summed E-state index contributed by atoms with van der Waals surface area (Å²) >= 11 is 0. The molecule has 1 aliphatic heterocycles. The summed E-state index contributed by atoms with van der Waals surface area (Å²) in [5.41, 5.74) is -0.326. The first kappa shape index (κ1) is 11.0. The van der Waals surface area contributed by atoms with Crippen molar-refractivity contribution in [2.45, 2.75) is 39.2 Å². The average molecular weight is 199 g/mol. The number of hydrogen-bond acceptors (Lipinski definition) is 2. The van der Waals surface area contributed by atoms with Crippen LogP contribution in [0, 0.1) is 5.92 Å². The number of carboxylic acids is 1. The predicted molar refractivity (Wildman–Crippen MR) is 51.8 cm³/mol. The zero-order chi connectivity index (χ0) is 10.9. The molecule has 4 heteroatoms. The highest BCUT2D eigenvalue weighted by Gasteiger charge is 2.38. The van der Waals surface area contributed by atoms with Crippen molar-refractivity contribution >= 4 is 11.9 Å². The second-order valence-corrected chi connectivity index (χ2v) is 4.51. The molecule has 0 aromatic rings. The number of nitrogens with zero attached hydrogens (tertiary/aromatic N) is 1. The Balaban J connectivity index is 2.75. The topological polar surface area (TPSA) is 57.6 Å². The summed E-state index contributed by atoms with van der Waals surface area (Å²) in [6, 6.07) is 0. The molecule has 1 atom stereocenters. The van der Waals surface area contributed by atoms with Gasteiger partial charge in [-0.05, 0) is 26.7 Å². The number of hydrogen-bond donors (Lipinski definition) is 1. The normalized spacial score (nSPS) is 25.9. The van der Waals surface area contributed by atoms with Gasteiger partial charge in [-0.2, -0.15) is 0 Å². The third-order valence-corrected chi connectivity index (χ3v) is 2.91. The molecule has 1 fully saturated rings. The quantitative estimate of drug-likeness (QED) is 0.688. The predicted octanol–water partition coefficient (Wildman–Crippen LogP) is 1.11. The van der Waals surface area contributed by atoms with Crippen LogP contribution < -0.4 is 0 Å². The average Bonchev–Trinajstić information content (AvgIpc) is 2.01. The molecule has 1 unspecified atom stereocenters. The number of rotatable bonds is 1. The van der Waals surface area contributed by atoms with Crippen molar-refractivity contribution in [1.82, 2.24) is 4.90 Å². The molecule has 1 rings (SSSR count). The first-order chi connectivity index (χ1) is 6.34. The van der Waals surface area contributed by atoms with E-state index >= 15 is 0 Å². The molecule has 1 saturated heterocycles. The van der Waals surface area contributed by atoms with Crippen LogP contribution in [0.4, 0.5) is 0 Å². The highest BCUT2D eigenvalue weighted by molar-refractivity contribution is 5.75. The molecule has 1 heterocycles. The van der Waals surface area contributed by atoms with Crippen LogP contribution in [0.3, 0.4) is 0 Å². The van der Waals surface area contributed by atoms with Crippen LogP contribution >= 0.6 is 0 Å². The van der Waals surface area contributed by atoms with E-state index in [9.17, 15) is 9.59 Å². The highest BCUT2D eigenvalue weighted by atomic mass is 16.4. The zero-order valence-corrected chi connectivity index (χ0v) is 8.91. The number of carbonyl (C=O) groups excluding carboxylic acids is 1. The first-order valence-corrected chi connectivity index (χ1v) is 4.85. The lowest BCUT2D eigenvalue weighted by molar-refractivity contribution is -0.150. The lowest BCUT2D eigenvalue weighted by Crippen LogP contribution is -2.53. The van der Waals surface area contributed by atoms with E-state index in [1.165, 1.54) is 6.92 Å². The zero-order valence-electron chi connectivity index (χ0n) is 8.91. The van der Waals surface area contributed by atoms with Gasteiger partial charge in [-0.15, -0.1) is 0 Å². The summed E-state index contributed by atoms with van der Waals surface area (Å²) in [5.74, 6) is -1.03. The summed E-state index contributed by atoms with van der Waals surface area (Å²) in [5, 5.41) is 8.89. The Morgan fingerprint density at radius 3 is 2.36 bits per heavy atom. The Morgan fingerprint density at radius 1 is 1.43 bits per heavy atom. The molecule has 0 aromatic carbocycles. The molecule has 4 nitrogen and oxygen atoms in total. The molecule has 0 aromatic heterocycles. The summed E-state index contributed by atoms with van der Waals surface area (Å²) in [6.07, 6.45) is 1.11. The van der Waals surface area contributed by atoms with Crippen LogP contribution in [-0.4, -0.2) is 34.0 Å². The molecule has 0 aliphatic carbocycles. The first-order valence-electron chi connectivity index (χ1n) is 4.85. The number of likely N-dealkylation sites (tertiary alicyclic amines) is 1. The number of amides is 1. The fraction of sp³-hybridized carbons (Fsp3) is 0.800. The van der Waals surface area contributed by atoms with Gasteiger partial charge in [-0.25, -0.2) is 0 Å².